The Morgan fingerprint density at radius 1 is 1.35 bits per heavy atom. The maximum absolute atomic E-state index is 5.34. The fraction of sp³-hybridized carbons (Fsp3) is 0.333. The molecule has 0 bridgehead atoms. The summed E-state index contributed by atoms with van der Waals surface area (Å²) >= 11 is 0. The molecule has 0 saturated heterocycles. The number of hydrogen-bond acceptors (Lipinski definition) is 7. The molecule has 8 nitrogen and oxygen atoms in total. The second kappa shape index (κ2) is 4.74. The van der Waals surface area contributed by atoms with E-state index in [1.54, 1.807) is 6.33 Å². The minimum atomic E-state index is 0.540. The Labute approximate surface area is 98.3 Å². The Balaban J connectivity index is 2.12. The average molecular weight is 234 g/mol. The Morgan fingerprint density at radius 2 is 2.12 bits per heavy atom. The molecule has 17 heavy (non-hydrogen) atoms. The zero-order valence-electron chi connectivity index (χ0n) is 9.68. The lowest BCUT2D eigenvalue weighted by Crippen LogP contribution is -2.13. The Hall–Kier alpha value is -2.22. The van der Waals surface area contributed by atoms with E-state index in [4.69, 9.17) is 5.84 Å². The molecule has 0 aliphatic heterocycles. The lowest BCUT2D eigenvalue weighted by Gasteiger charge is -2.10. The predicted molar refractivity (Wildman–Crippen MR) is 62.9 cm³/mol. The Kier molecular flexibility index (Phi) is 3.15. The molecule has 0 saturated carbocycles. The van der Waals surface area contributed by atoms with Crippen molar-refractivity contribution in [3.63, 3.8) is 0 Å². The summed E-state index contributed by atoms with van der Waals surface area (Å²) in [5.41, 5.74) is 3.37. The summed E-state index contributed by atoms with van der Waals surface area (Å²) in [6.45, 7) is 2.42. The van der Waals surface area contributed by atoms with Crippen LogP contribution < -0.4 is 16.6 Å². The van der Waals surface area contributed by atoms with Crippen molar-refractivity contribution < 1.29 is 0 Å². The van der Waals surface area contributed by atoms with Crippen molar-refractivity contribution in [1.29, 1.82) is 0 Å². The second-order valence-electron chi connectivity index (χ2n) is 3.55. The molecule has 0 spiro atoms. The third kappa shape index (κ3) is 2.31. The first-order valence-corrected chi connectivity index (χ1v) is 5.07. The van der Waals surface area contributed by atoms with Gasteiger partial charge in [-0.1, -0.05) is 0 Å². The largest absolute Gasteiger partial charge is 0.362 e. The second-order valence-corrected chi connectivity index (χ2v) is 3.55. The van der Waals surface area contributed by atoms with Gasteiger partial charge in [-0.25, -0.2) is 15.8 Å². The van der Waals surface area contributed by atoms with Crippen molar-refractivity contribution in [2.24, 2.45) is 12.9 Å². The van der Waals surface area contributed by atoms with E-state index in [2.05, 4.69) is 30.9 Å². The number of rotatable bonds is 4. The molecule has 2 rings (SSSR count). The first-order chi connectivity index (χ1) is 8.22. The number of nitrogens with zero attached hydrogens (tertiary/aromatic N) is 5. The maximum Gasteiger partial charge on any atom is 0.151 e. The molecule has 90 valence electrons. The van der Waals surface area contributed by atoms with Gasteiger partial charge in [-0.05, 0) is 6.92 Å². The minimum Gasteiger partial charge on any atom is -0.362 e. The van der Waals surface area contributed by atoms with E-state index in [0.717, 1.165) is 17.2 Å². The van der Waals surface area contributed by atoms with Crippen molar-refractivity contribution in [3.8, 4) is 0 Å². The van der Waals surface area contributed by atoms with Crippen LogP contribution in [0.15, 0.2) is 12.7 Å². The van der Waals surface area contributed by atoms with Crippen molar-refractivity contribution in [2.45, 2.75) is 13.5 Å². The first kappa shape index (κ1) is 11.3. The van der Waals surface area contributed by atoms with E-state index >= 15 is 0 Å². The molecule has 0 aliphatic carbocycles. The van der Waals surface area contributed by atoms with Crippen LogP contribution in [-0.2, 0) is 13.6 Å². The van der Waals surface area contributed by atoms with Crippen LogP contribution in [-0.4, -0.2) is 24.7 Å². The smallest absolute Gasteiger partial charge is 0.151 e. The topological polar surface area (TPSA) is 107 Å². The summed E-state index contributed by atoms with van der Waals surface area (Å²) < 4.78 is 1.84. The van der Waals surface area contributed by atoms with Crippen LogP contribution in [0.1, 0.15) is 11.4 Å². The van der Waals surface area contributed by atoms with Gasteiger partial charge in [-0.3, -0.25) is 0 Å². The van der Waals surface area contributed by atoms with Crippen molar-refractivity contribution in [2.75, 3.05) is 10.7 Å². The number of aromatic nitrogens is 5. The standard InChI is InChI=1S/C9H14N8/c1-6-8(12-4-13-9(6)15-10)11-3-7-16-14-5-17(7)2/h4-5H,3,10H2,1-2H3,(H2,11,12,13,15). The van der Waals surface area contributed by atoms with Gasteiger partial charge in [0.25, 0.3) is 0 Å². The summed E-state index contributed by atoms with van der Waals surface area (Å²) in [5.74, 6) is 7.48. The van der Waals surface area contributed by atoms with Crippen LogP contribution in [0.3, 0.4) is 0 Å². The third-order valence-corrected chi connectivity index (χ3v) is 2.44. The summed E-state index contributed by atoms with van der Waals surface area (Å²) in [6, 6.07) is 0. The maximum atomic E-state index is 5.34. The summed E-state index contributed by atoms with van der Waals surface area (Å²) in [7, 11) is 1.89. The van der Waals surface area contributed by atoms with E-state index in [1.807, 2.05) is 18.5 Å². The van der Waals surface area contributed by atoms with Crippen molar-refractivity contribution >= 4 is 11.6 Å². The fourth-order valence-electron chi connectivity index (χ4n) is 1.40. The molecule has 4 N–H and O–H groups in total. The highest BCUT2D eigenvalue weighted by Gasteiger charge is 2.06. The highest BCUT2D eigenvalue weighted by Crippen LogP contribution is 2.17. The van der Waals surface area contributed by atoms with Gasteiger partial charge in [0.05, 0.1) is 6.54 Å². The predicted octanol–water partition coefficient (Wildman–Crippen LogP) is -0.189. The Morgan fingerprint density at radius 3 is 2.76 bits per heavy atom. The monoisotopic (exact) mass is 234 g/mol. The summed E-state index contributed by atoms with van der Waals surface area (Å²) in [5, 5.41) is 10.9. The SMILES string of the molecule is Cc1c(NN)ncnc1NCc1nncn1C. The van der Waals surface area contributed by atoms with E-state index < -0.39 is 0 Å². The van der Waals surface area contributed by atoms with Crippen LogP contribution >= 0.6 is 0 Å². The number of anilines is 2. The van der Waals surface area contributed by atoms with Crippen molar-refractivity contribution in [3.05, 3.63) is 24.0 Å². The fourth-order valence-corrected chi connectivity index (χ4v) is 1.40. The summed E-state index contributed by atoms with van der Waals surface area (Å²) in [6.07, 6.45) is 3.10. The molecule has 8 heteroatoms. The molecule has 2 aromatic heterocycles. The quantitative estimate of drug-likeness (QED) is 0.497. The van der Waals surface area contributed by atoms with E-state index in [-0.39, 0.29) is 0 Å². The van der Waals surface area contributed by atoms with Gasteiger partial charge in [0.2, 0.25) is 0 Å². The van der Waals surface area contributed by atoms with Crippen LogP contribution in [0.25, 0.3) is 0 Å². The van der Waals surface area contributed by atoms with Crippen LogP contribution in [0, 0.1) is 6.92 Å². The minimum absolute atomic E-state index is 0.540. The van der Waals surface area contributed by atoms with Gasteiger partial charge in [-0.2, -0.15) is 0 Å². The number of nitrogens with one attached hydrogen (secondary N) is 2. The van der Waals surface area contributed by atoms with Crippen LogP contribution in [0.4, 0.5) is 11.6 Å². The number of hydrogen-bond donors (Lipinski definition) is 3. The zero-order valence-corrected chi connectivity index (χ0v) is 9.68. The van der Waals surface area contributed by atoms with Crippen molar-refractivity contribution in [1.82, 2.24) is 24.7 Å². The van der Waals surface area contributed by atoms with E-state index in [9.17, 15) is 0 Å². The van der Waals surface area contributed by atoms with Gasteiger partial charge in [0.15, 0.2) is 5.82 Å². The average Bonchev–Trinajstić information content (AvgIpc) is 2.74. The molecule has 0 radical (unpaired) electrons. The normalized spacial score (nSPS) is 10.3. The van der Waals surface area contributed by atoms with Gasteiger partial charge in [0.1, 0.15) is 24.3 Å². The zero-order chi connectivity index (χ0) is 12.3. The van der Waals surface area contributed by atoms with E-state index in [1.165, 1.54) is 6.33 Å². The summed E-state index contributed by atoms with van der Waals surface area (Å²) in [4.78, 5) is 8.14. The van der Waals surface area contributed by atoms with Gasteiger partial charge >= 0.3 is 0 Å². The van der Waals surface area contributed by atoms with E-state index in [0.29, 0.717) is 12.4 Å². The molecule has 2 heterocycles. The molecular weight excluding hydrogens is 220 g/mol. The highest BCUT2D eigenvalue weighted by molar-refractivity contribution is 5.55. The van der Waals surface area contributed by atoms with Gasteiger partial charge in [0, 0.05) is 12.6 Å². The highest BCUT2D eigenvalue weighted by atomic mass is 15.3. The first-order valence-electron chi connectivity index (χ1n) is 5.07. The number of nitrogen functional groups attached to an aromatic ring is 1. The molecule has 0 aliphatic rings. The molecule has 0 amide bonds. The molecule has 0 aromatic carbocycles. The third-order valence-electron chi connectivity index (χ3n) is 2.44. The number of hydrazine groups is 1. The molecule has 0 unspecified atom stereocenters. The lowest BCUT2D eigenvalue weighted by atomic mass is 10.3. The van der Waals surface area contributed by atoms with Crippen LogP contribution in [0.5, 0.6) is 0 Å². The molecule has 2 aromatic rings. The van der Waals surface area contributed by atoms with Crippen LogP contribution in [0.2, 0.25) is 0 Å². The molecule has 0 fully saturated rings. The molecular formula is C9H14N8. The number of nitrogens with two attached hydrogens (primary N) is 1. The van der Waals surface area contributed by atoms with Gasteiger partial charge in [-0.15, -0.1) is 10.2 Å². The lowest BCUT2D eigenvalue weighted by molar-refractivity contribution is 0.809. The van der Waals surface area contributed by atoms with Gasteiger partial charge < -0.3 is 15.3 Å². The molecule has 0 atom stereocenters. The Bertz CT molecular complexity index is 505. The number of aryl methyl sites for hydroxylation is 1.